The number of nitrogens with two attached hydrogens (primary N) is 1. The Morgan fingerprint density at radius 1 is 1.47 bits per heavy atom. The van der Waals surface area contributed by atoms with E-state index in [0.717, 1.165) is 6.92 Å². The molecule has 0 bridgehead atoms. The topological polar surface area (TPSA) is 35.2 Å². The van der Waals surface area contributed by atoms with Gasteiger partial charge in [-0.2, -0.15) is 24.5 Å². The van der Waals surface area contributed by atoms with E-state index < -0.39 is 24.4 Å². The Morgan fingerprint density at radius 3 is 2.53 bits per heavy atom. The smallest absolute Gasteiger partial charge is 0.360 e. The largest absolute Gasteiger partial charge is 0.414 e. The Balaban J connectivity index is 2.79. The molecule has 1 aromatic heterocycles. The molecule has 0 radical (unpaired) electrons. The van der Waals surface area contributed by atoms with Crippen molar-refractivity contribution in [2.24, 2.45) is 5.73 Å². The van der Waals surface area contributed by atoms with E-state index in [2.05, 4.69) is 0 Å². The predicted molar refractivity (Wildman–Crippen MR) is 61.9 cm³/mol. The van der Waals surface area contributed by atoms with Gasteiger partial charge in [-0.05, 0) is 35.7 Å². The molecule has 0 aliphatic heterocycles. The highest BCUT2D eigenvalue weighted by atomic mass is 32.1. The van der Waals surface area contributed by atoms with Gasteiger partial charge in [0, 0.05) is 6.04 Å². The standard InChI is InChI=1S/C11H16F3NOS/c1-3-9(15)10(8-4-5-17-6-8)16-7(2)11(12,13)14/h4-7,9-10H,3,15H2,1-2H3. The van der Waals surface area contributed by atoms with Crippen molar-refractivity contribution in [2.75, 3.05) is 0 Å². The van der Waals surface area contributed by atoms with Crippen LogP contribution < -0.4 is 5.73 Å². The van der Waals surface area contributed by atoms with Crippen LogP contribution in [0.4, 0.5) is 13.2 Å². The monoisotopic (exact) mass is 267 g/mol. The van der Waals surface area contributed by atoms with Crippen LogP contribution >= 0.6 is 11.3 Å². The SMILES string of the molecule is CCC(N)C(OC(C)C(F)(F)F)c1ccsc1. The van der Waals surface area contributed by atoms with E-state index in [0.29, 0.717) is 12.0 Å². The second-order valence-electron chi connectivity index (χ2n) is 3.87. The van der Waals surface area contributed by atoms with Gasteiger partial charge in [0.1, 0.15) is 0 Å². The van der Waals surface area contributed by atoms with Gasteiger partial charge in [-0.1, -0.05) is 6.92 Å². The van der Waals surface area contributed by atoms with Crippen molar-refractivity contribution >= 4 is 11.3 Å². The van der Waals surface area contributed by atoms with Crippen molar-refractivity contribution in [1.29, 1.82) is 0 Å². The van der Waals surface area contributed by atoms with Gasteiger partial charge < -0.3 is 10.5 Å². The van der Waals surface area contributed by atoms with Crippen molar-refractivity contribution in [2.45, 2.75) is 44.7 Å². The Morgan fingerprint density at radius 2 is 2.12 bits per heavy atom. The van der Waals surface area contributed by atoms with Crippen LogP contribution in [-0.2, 0) is 4.74 Å². The Bertz CT molecular complexity index is 326. The Labute approximate surface area is 103 Å². The molecule has 17 heavy (non-hydrogen) atoms. The van der Waals surface area contributed by atoms with Crippen LogP contribution in [0.25, 0.3) is 0 Å². The van der Waals surface area contributed by atoms with Gasteiger partial charge in [-0.3, -0.25) is 0 Å². The third-order valence-corrected chi connectivity index (χ3v) is 3.25. The van der Waals surface area contributed by atoms with E-state index >= 15 is 0 Å². The lowest BCUT2D eigenvalue weighted by Gasteiger charge is -2.27. The number of halogens is 3. The molecule has 3 atom stereocenters. The normalized spacial score (nSPS) is 17.8. The van der Waals surface area contributed by atoms with Gasteiger partial charge in [0.2, 0.25) is 0 Å². The zero-order valence-corrected chi connectivity index (χ0v) is 10.5. The molecule has 3 unspecified atom stereocenters. The summed E-state index contributed by atoms with van der Waals surface area (Å²) in [5, 5.41) is 3.57. The average Bonchev–Trinajstić information content (AvgIpc) is 2.76. The molecule has 1 aromatic rings. The maximum atomic E-state index is 12.5. The predicted octanol–water partition coefficient (Wildman–Crippen LogP) is 3.49. The van der Waals surface area contributed by atoms with Gasteiger partial charge in [-0.15, -0.1) is 0 Å². The summed E-state index contributed by atoms with van der Waals surface area (Å²) in [5.41, 5.74) is 6.52. The van der Waals surface area contributed by atoms with E-state index in [-0.39, 0.29) is 0 Å². The molecule has 0 amide bonds. The molecule has 1 rings (SSSR count). The summed E-state index contributed by atoms with van der Waals surface area (Å²) in [6, 6.07) is 1.31. The van der Waals surface area contributed by atoms with E-state index in [1.165, 1.54) is 11.3 Å². The molecule has 98 valence electrons. The number of hydrogen-bond donors (Lipinski definition) is 1. The van der Waals surface area contributed by atoms with Crippen molar-refractivity contribution in [1.82, 2.24) is 0 Å². The first-order valence-corrected chi connectivity index (χ1v) is 6.30. The van der Waals surface area contributed by atoms with E-state index in [4.69, 9.17) is 10.5 Å². The van der Waals surface area contributed by atoms with Crippen molar-refractivity contribution in [3.05, 3.63) is 22.4 Å². The third-order valence-electron chi connectivity index (χ3n) is 2.54. The van der Waals surface area contributed by atoms with Crippen LogP contribution in [0.3, 0.4) is 0 Å². The molecule has 2 N–H and O–H groups in total. The fraction of sp³-hybridized carbons (Fsp3) is 0.636. The molecule has 0 saturated carbocycles. The lowest BCUT2D eigenvalue weighted by atomic mass is 10.0. The fourth-order valence-corrected chi connectivity index (χ4v) is 2.06. The number of thiophene rings is 1. The quantitative estimate of drug-likeness (QED) is 0.886. The van der Waals surface area contributed by atoms with Gasteiger partial charge in [0.05, 0.1) is 6.10 Å². The number of alkyl halides is 3. The summed E-state index contributed by atoms with van der Waals surface area (Å²) in [6.45, 7) is 2.83. The van der Waals surface area contributed by atoms with Crippen LogP contribution in [0.15, 0.2) is 16.8 Å². The zero-order chi connectivity index (χ0) is 13.1. The first-order chi connectivity index (χ1) is 7.86. The minimum absolute atomic E-state index is 0.436. The highest BCUT2D eigenvalue weighted by Crippen LogP contribution is 2.31. The van der Waals surface area contributed by atoms with Crippen molar-refractivity contribution in [3.8, 4) is 0 Å². The molecule has 0 aliphatic rings. The van der Waals surface area contributed by atoms with E-state index in [1.54, 1.807) is 16.8 Å². The Kier molecular flexibility index (Phi) is 4.97. The number of ether oxygens (including phenoxy) is 1. The van der Waals surface area contributed by atoms with Crippen molar-refractivity contribution in [3.63, 3.8) is 0 Å². The van der Waals surface area contributed by atoms with E-state index in [1.807, 2.05) is 6.92 Å². The van der Waals surface area contributed by atoms with Crippen molar-refractivity contribution < 1.29 is 17.9 Å². The van der Waals surface area contributed by atoms with Crippen LogP contribution in [0, 0.1) is 0 Å². The molecule has 0 fully saturated rings. The van der Waals surface area contributed by atoms with Gasteiger partial charge in [0.25, 0.3) is 0 Å². The second kappa shape index (κ2) is 5.84. The van der Waals surface area contributed by atoms with Gasteiger partial charge in [-0.25, -0.2) is 0 Å². The molecule has 6 heteroatoms. The summed E-state index contributed by atoms with van der Waals surface area (Å²) >= 11 is 1.41. The zero-order valence-electron chi connectivity index (χ0n) is 9.70. The summed E-state index contributed by atoms with van der Waals surface area (Å²) in [4.78, 5) is 0. The molecule has 0 saturated heterocycles. The minimum atomic E-state index is -4.36. The Hall–Kier alpha value is -0.590. The highest BCUT2D eigenvalue weighted by molar-refractivity contribution is 7.07. The molecule has 2 nitrogen and oxygen atoms in total. The lowest BCUT2D eigenvalue weighted by molar-refractivity contribution is -0.229. The van der Waals surface area contributed by atoms with Crippen LogP contribution in [0.2, 0.25) is 0 Å². The molecule has 0 aliphatic carbocycles. The lowest BCUT2D eigenvalue weighted by Crippen LogP contribution is -2.36. The maximum Gasteiger partial charge on any atom is 0.414 e. The first-order valence-electron chi connectivity index (χ1n) is 5.36. The maximum absolute atomic E-state index is 12.5. The van der Waals surface area contributed by atoms with E-state index in [9.17, 15) is 13.2 Å². The third kappa shape index (κ3) is 3.97. The van der Waals surface area contributed by atoms with Crippen LogP contribution in [-0.4, -0.2) is 18.3 Å². The summed E-state index contributed by atoms with van der Waals surface area (Å²) in [5.74, 6) is 0. The molecule has 1 heterocycles. The van der Waals surface area contributed by atoms with Crippen LogP contribution in [0.5, 0.6) is 0 Å². The fourth-order valence-electron chi connectivity index (χ4n) is 1.37. The molecule has 0 spiro atoms. The van der Waals surface area contributed by atoms with Gasteiger partial charge >= 0.3 is 6.18 Å². The first kappa shape index (κ1) is 14.5. The van der Waals surface area contributed by atoms with Gasteiger partial charge in [0.15, 0.2) is 6.10 Å². The summed E-state index contributed by atoms with van der Waals surface area (Å²) in [6.07, 6.45) is -6.32. The molecule has 0 aromatic carbocycles. The number of hydrogen-bond acceptors (Lipinski definition) is 3. The highest BCUT2D eigenvalue weighted by Gasteiger charge is 2.39. The second-order valence-corrected chi connectivity index (χ2v) is 4.65. The van der Waals surface area contributed by atoms with Crippen LogP contribution in [0.1, 0.15) is 31.9 Å². The molecular weight excluding hydrogens is 251 g/mol. The average molecular weight is 267 g/mol. The number of rotatable bonds is 5. The molecular formula is C11H16F3NOS. The summed E-state index contributed by atoms with van der Waals surface area (Å²) in [7, 11) is 0. The minimum Gasteiger partial charge on any atom is -0.360 e. The summed E-state index contributed by atoms with van der Waals surface area (Å²) < 4.78 is 42.4.